The lowest BCUT2D eigenvalue weighted by molar-refractivity contribution is -0.122. The Kier molecular flexibility index (Phi) is 12.4. The van der Waals surface area contributed by atoms with Crippen molar-refractivity contribution in [3.63, 3.8) is 0 Å². The summed E-state index contributed by atoms with van der Waals surface area (Å²) in [6, 6.07) is 0. The standard InChI is InChI=1S/C2H5FO.CH2O2/c1-2(3)4;2-1-3/h2,4H,1H3;1H,(H,2,3). The predicted octanol–water partition coefficient (Wildman–Crippen LogP) is -0.00500. The Morgan fingerprint density at radius 2 is 1.86 bits per heavy atom. The van der Waals surface area contributed by atoms with Crippen molar-refractivity contribution in [3.05, 3.63) is 0 Å². The van der Waals surface area contributed by atoms with Crippen molar-refractivity contribution in [2.75, 3.05) is 0 Å². The first kappa shape index (κ1) is 9.61. The van der Waals surface area contributed by atoms with Crippen molar-refractivity contribution in [2.24, 2.45) is 0 Å². The van der Waals surface area contributed by atoms with E-state index >= 15 is 0 Å². The second-order valence-corrected chi connectivity index (χ2v) is 0.679. The van der Waals surface area contributed by atoms with E-state index in [2.05, 4.69) is 0 Å². The molecular formula is C3H7FO3. The molecule has 2 N–H and O–H groups in total. The van der Waals surface area contributed by atoms with Gasteiger partial charge in [0.15, 0.2) is 6.36 Å². The number of alkyl halides is 1. The van der Waals surface area contributed by atoms with Crippen LogP contribution in [0.15, 0.2) is 0 Å². The number of rotatable bonds is 0. The molecule has 0 radical (unpaired) electrons. The van der Waals surface area contributed by atoms with Crippen LogP contribution in [0.1, 0.15) is 6.92 Å². The highest BCUT2D eigenvalue weighted by Crippen LogP contribution is 1.71. The van der Waals surface area contributed by atoms with E-state index in [1.54, 1.807) is 0 Å². The Balaban J connectivity index is 0. The van der Waals surface area contributed by atoms with E-state index in [4.69, 9.17) is 15.0 Å². The molecule has 1 unspecified atom stereocenters. The summed E-state index contributed by atoms with van der Waals surface area (Å²) in [5.41, 5.74) is 0. The van der Waals surface area contributed by atoms with Gasteiger partial charge in [0, 0.05) is 0 Å². The summed E-state index contributed by atoms with van der Waals surface area (Å²) in [6.45, 7) is 0.806. The molecular weight excluding hydrogens is 103 g/mol. The van der Waals surface area contributed by atoms with E-state index in [9.17, 15) is 4.39 Å². The van der Waals surface area contributed by atoms with Gasteiger partial charge in [0.05, 0.1) is 0 Å². The SMILES string of the molecule is CC(O)F.O=CO. The van der Waals surface area contributed by atoms with Crippen LogP contribution in [-0.4, -0.2) is 23.0 Å². The third kappa shape index (κ3) is 148. The lowest BCUT2D eigenvalue weighted by atomic mass is 10.8. The summed E-state index contributed by atoms with van der Waals surface area (Å²) in [6.07, 6.45) is -1.67. The van der Waals surface area contributed by atoms with Crippen LogP contribution in [-0.2, 0) is 4.79 Å². The number of aliphatic hydroxyl groups is 1. The van der Waals surface area contributed by atoms with Crippen LogP contribution >= 0.6 is 0 Å². The Labute approximate surface area is 40.4 Å². The maximum atomic E-state index is 10.6. The maximum Gasteiger partial charge on any atom is 0.290 e. The molecule has 0 aliphatic rings. The fraction of sp³-hybridized carbons (Fsp3) is 0.667. The fourth-order valence-electron chi connectivity index (χ4n) is 0. The van der Waals surface area contributed by atoms with Gasteiger partial charge in [-0.2, -0.15) is 0 Å². The van der Waals surface area contributed by atoms with Crippen molar-refractivity contribution >= 4 is 6.47 Å². The van der Waals surface area contributed by atoms with Gasteiger partial charge in [-0.1, -0.05) is 0 Å². The van der Waals surface area contributed by atoms with Crippen molar-refractivity contribution in [3.8, 4) is 0 Å². The summed E-state index contributed by atoms with van der Waals surface area (Å²) >= 11 is 0. The van der Waals surface area contributed by atoms with Crippen molar-refractivity contribution in [2.45, 2.75) is 13.3 Å². The molecule has 0 aromatic carbocycles. The predicted molar refractivity (Wildman–Crippen MR) is 21.5 cm³/mol. The third-order valence-electron chi connectivity index (χ3n) is 0. The molecule has 0 bridgehead atoms. The molecule has 4 heteroatoms. The van der Waals surface area contributed by atoms with Gasteiger partial charge in [0.1, 0.15) is 0 Å². The highest BCUT2D eigenvalue weighted by atomic mass is 19.1. The summed E-state index contributed by atoms with van der Waals surface area (Å²) in [5.74, 6) is 0. The molecule has 0 heterocycles. The Hall–Kier alpha value is -0.640. The molecule has 0 rings (SSSR count). The molecule has 0 aliphatic carbocycles. The molecule has 0 aliphatic heterocycles. The van der Waals surface area contributed by atoms with Crippen molar-refractivity contribution < 1.29 is 19.4 Å². The maximum absolute atomic E-state index is 10.6. The van der Waals surface area contributed by atoms with Gasteiger partial charge < -0.3 is 10.2 Å². The second kappa shape index (κ2) is 9.03. The van der Waals surface area contributed by atoms with Gasteiger partial charge in [-0.25, -0.2) is 4.39 Å². The summed E-state index contributed by atoms with van der Waals surface area (Å²) in [7, 11) is 0. The minimum absolute atomic E-state index is 0.250. The molecule has 0 aromatic rings. The average molecular weight is 110 g/mol. The monoisotopic (exact) mass is 110 g/mol. The second-order valence-electron chi connectivity index (χ2n) is 0.679. The van der Waals surface area contributed by atoms with E-state index in [1.165, 1.54) is 0 Å². The molecule has 0 saturated carbocycles. The topological polar surface area (TPSA) is 57.5 Å². The molecule has 0 saturated heterocycles. The van der Waals surface area contributed by atoms with Gasteiger partial charge in [-0.15, -0.1) is 0 Å². The van der Waals surface area contributed by atoms with Crippen LogP contribution in [0.5, 0.6) is 0 Å². The van der Waals surface area contributed by atoms with Gasteiger partial charge in [0.25, 0.3) is 6.47 Å². The van der Waals surface area contributed by atoms with Crippen LogP contribution < -0.4 is 0 Å². The van der Waals surface area contributed by atoms with Crippen LogP contribution in [0.3, 0.4) is 0 Å². The van der Waals surface area contributed by atoms with Gasteiger partial charge in [-0.05, 0) is 6.92 Å². The normalized spacial score (nSPS) is 10.7. The zero-order valence-corrected chi connectivity index (χ0v) is 3.84. The summed E-state index contributed by atoms with van der Waals surface area (Å²) in [4.78, 5) is 8.36. The molecule has 3 nitrogen and oxygen atoms in total. The minimum Gasteiger partial charge on any atom is -0.483 e. The minimum atomic E-state index is -1.67. The molecule has 1 atom stereocenters. The molecule has 7 heavy (non-hydrogen) atoms. The van der Waals surface area contributed by atoms with E-state index in [-0.39, 0.29) is 6.47 Å². The van der Waals surface area contributed by atoms with Crippen LogP contribution in [0.2, 0.25) is 0 Å². The van der Waals surface area contributed by atoms with E-state index in [0.717, 1.165) is 6.92 Å². The lowest BCUT2D eigenvalue weighted by Gasteiger charge is -1.75. The van der Waals surface area contributed by atoms with Gasteiger partial charge >= 0.3 is 0 Å². The zero-order valence-electron chi connectivity index (χ0n) is 3.84. The van der Waals surface area contributed by atoms with Crippen molar-refractivity contribution in [1.82, 2.24) is 0 Å². The summed E-state index contributed by atoms with van der Waals surface area (Å²) in [5, 5.41) is 14.3. The van der Waals surface area contributed by atoms with E-state index in [1.807, 2.05) is 0 Å². The van der Waals surface area contributed by atoms with Crippen LogP contribution in [0.4, 0.5) is 4.39 Å². The largest absolute Gasteiger partial charge is 0.483 e. The molecule has 0 fully saturated rings. The Bertz CT molecular complexity index is 34.4. The first-order valence-corrected chi connectivity index (χ1v) is 1.55. The first-order valence-electron chi connectivity index (χ1n) is 1.55. The zero-order chi connectivity index (χ0) is 6.28. The van der Waals surface area contributed by atoms with Crippen LogP contribution in [0.25, 0.3) is 0 Å². The van der Waals surface area contributed by atoms with E-state index in [0.29, 0.717) is 0 Å². The number of halogens is 1. The molecule has 0 amide bonds. The van der Waals surface area contributed by atoms with Gasteiger partial charge in [0.2, 0.25) is 0 Å². The number of hydrogen-bond donors (Lipinski definition) is 2. The summed E-state index contributed by atoms with van der Waals surface area (Å²) < 4.78 is 10.6. The average Bonchev–Trinajstić information content (AvgIpc) is 1.33. The highest BCUT2D eigenvalue weighted by molar-refractivity contribution is 5.32. The third-order valence-corrected chi connectivity index (χ3v) is 0. The van der Waals surface area contributed by atoms with Crippen LogP contribution in [0, 0.1) is 0 Å². The van der Waals surface area contributed by atoms with Gasteiger partial charge in [-0.3, -0.25) is 4.79 Å². The van der Waals surface area contributed by atoms with Crippen molar-refractivity contribution in [1.29, 1.82) is 0 Å². The lowest BCUT2D eigenvalue weighted by Crippen LogP contribution is -1.82. The molecule has 0 aromatic heterocycles. The number of carboxylic acid groups (broad SMARTS) is 1. The quantitative estimate of drug-likeness (QED) is 0.431. The Morgan fingerprint density at radius 1 is 1.86 bits per heavy atom. The smallest absolute Gasteiger partial charge is 0.290 e. The number of hydrogen-bond acceptors (Lipinski definition) is 2. The van der Waals surface area contributed by atoms with E-state index < -0.39 is 6.36 Å². The number of aliphatic hydroxyl groups excluding tert-OH is 1. The highest BCUT2D eigenvalue weighted by Gasteiger charge is 1.75. The molecule has 44 valence electrons. The number of carbonyl (C=O) groups is 1. The molecule has 0 spiro atoms. The Morgan fingerprint density at radius 3 is 1.86 bits per heavy atom. The fourth-order valence-corrected chi connectivity index (χ4v) is 0. The first-order chi connectivity index (χ1) is 3.15.